The molecule has 0 bridgehead atoms. The van der Waals surface area contributed by atoms with Gasteiger partial charge in [0.15, 0.2) is 0 Å². The number of halogens is 1. The van der Waals surface area contributed by atoms with Gasteiger partial charge in [0.25, 0.3) is 0 Å². The Kier molecular flexibility index (Phi) is 5.08. The Labute approximate surface area is 127 Å². The molecule has 0 spiro atoms. The summed E-state index contributed by atoms with van der Waals surface area (Å²) in [6.07, 6.45) is 3.86. The molecule has 0 heterocycles. The van der Waals surface area contributed by atoms with E-state index in [9.17, 15) is 0 Å². The van der Waals surface area contributed by atoms with Crippen molar-refractivity contribution in [3.8, 4) is 0 Å². The van der Waals surface area contributed by atoms with Crippen molar-refractivity contribution < 1.29 is 0 Å². The van der Waals surface area contributed by atoms with Crippen LogP contribution in [0, 0.1) is 0 Å². The third-order valence-corrected chi connectivity index (χ3v) is 5.14. The van der Waals surface area contributed by atoms with Crippen molar-refractivity contribution in [3.05, 3.63) is 34.9 Å². The topological polar surface area (TPSA) is 32.5 Å². The van der Waals surface area contributed by atoms with Crippen LogP contribution in [0.1, 0.15) is 30.9 Å². The lowest BCUT2D eigenvalue weighted by Gasteiger charge is -2.50. The molecule has 1 saturated carbocycles. The standard InChI is InChI=1S/C16H26ClN3/c1-19(2)16(9-6-10-16)12-20(3)15(11-18)13-7-4-5-8-14(13)17/h4-5,7-8,15H,6,9-12,18H2,1-3H3. The Hall–Kier alpha value is -0.610. The highest BCUT2D eigenvalue weighted by molar-refractivity contribution is 6.31. The maximum atomic E-state index is 6.33. The van der Waals surface area contributed by atoms with Gasteiger partial charge in [0.1, 0.15) is 0 Å². The van der Waals surface area contributed by atoms with Gasteiger partial charge in [-0.05, 0) is 52.0 Å². The zero-order chi connectivity index (χ0) is 14.8. The normalized spacial score (nSPS) is 19.1. The zero-order valence-electron chi connectivity index (χ0n) is 12.8. The number of likely N-dealkylation sites (N-methyl/N-ethyl adjacent to an activating group) is 2. The molecule has 20 heavy (non-hydrogen) atoms. The molecule has 1 unspecified atom stereocenters. The molecule has 1 aromatic carbocycles. The third kappa shape index (κ3) is 3.01. The lowest BCUT2D eigenvalue weighted by molar-refractivity contribution is 0.0168. The molecular formula is C16H26ClN3. The second-order valence-corrected chi connectivity index (χ2v) is 6.57. The lowest BCUT2D eigenvalue weighted by atomic mass is 9.75. The molecule has 112 valence electrons. The molecule has 1 atom stereocenters. The fourth-order valence-electron chi connectivity index (χ4n) is 3.20. The summed E-state index contributed by atoms with van der Waals surface area (Å²) in [5.74, 6) is 0. The van der Waals surface area contributed by atoms with Gasteiger partial charge in [0.2, 0.25) is 0 Å². The van der Waals surface area contributed by atoms with E-state index in [0.29, 0.717) is 12.1 Å². The van der Waals surface area contributed by atoms with Crippen molar-refractivity contribution in [2.45, 2.75) is 30.8 Å². The minimum absolute atomic E-state index is 0.182. The molecule has 1 aromatic rings. The first-order valence-corrected chi connectivity index (χ1v) is 7.70. The van der Waals surface area contributed by atoms with Crippen molar-refractivity contribution in [2.75, 3.05) is 34.2 Å². The van der Waals surface area contributed by atoms with Gasteiger partial charge in [-0.25, -0.2) is 0 Å². The van der Waals surface area contributed by atoms with Crippen LogP contribution in [0.4, 0.5) is 0 Å². The van der Waals surface area contributed by atoms with Crippen molar-refractivity contribution >= 4 is 11.6 Å². The molecule has 0 radical (unpaired) electrons. The highest BCUT2D eigenvalue weighted by Crippen LogP contribution is 2.38. The Morgan fingerprint density at radius 1 is 1.25 bits per heavy atom. The van der Waals surface area contributed by atoms with Crippen LogP contribution in [0.5, 0.6) is 0 Å². The van der Waals surface area contributed by atoms with Gasteiger partial charge in [-0.15, -0.1) is 0 Å². The van der Waals surface area contributed by atoms with Gasteiger partial charge < -0.3 is 10.6 Å². The maximum absolute atomic E-state index is 6.33. The van der Waals surface area contributed by atoms with Crippen molar-refractivity contribution in [2.24, 2.45) is 5.73 Å². The van der Waals surface area contributed by atoms with E-state index in [1.54, 1.807) is 0 Å². The van der Waals surface area contributed by atoms with E-state index in [-0.39, 0.29) is 6.04 Å². The summed E-state index contributed by atoms with van der Waals surface area (Å²) in [6, 6.07) is 8.20. The minimum Gasteiger partial charge on any atom is -0.329 e. The van der Waals surface area contributed by atoms with Crippen LogP contribution in [0.3, 0.4) is 0 Å². The molecule has 0 aromatic heterocycles. The van der Waals surface area contributed by atoms with Crippen molar-refractivity contribution in [3.63, 3.8) is 0 Å². The molecule has 1 aliphatic rings. The lowest BCUT2D eigenvalue weighted by Crippen LogP contribution is -2.57. The van der Waals surface area contributed by atoms with Gasteiger partial charge in [-0.3, -0.25) is 4.90 Å². The van der Waals surface area contributed by atoms with Crippen LogP contribution in [-0.4, -0.2) is 49.6 Å². The zero-order valence-corrected chi connectivity index (χ0v) is 13.5. The fourth-order valence-corrected chi connectivity index (χ4v) is 3.46. The van der Waals surface area contributed by atoms with E-state index in [2.05, 4.69) is 37.0 Å². The Balaban J connectivity index is 2.14. The maximum Gasteiger partial charge on any atom is 0.0482 e. The van der Waals surface area contributed by atoms with Crippen LogP contribution < -0.4 is 5.73 Å². The Morgan fingerprint density at radius 3 is 2.35 bits per heavy atom. The SMILES string of the molecule is CN(CC1(N(C)C)CCC1)C(CN)c1ccccc1Cl. The summed E-state index contributed by atoms with van der Waals surface area (Å²) in [4.78, 5) is 4.73. The monoisotopic (exact) mass is 295 g/mol. The van der Waals surface area contributed by atoms with Gasteiger partial charge in [-0.1, -0.05) is 29.8 Å². The fraction of sp³-hybridized carbons (Fsp3) is 0.625. The second-order valence-electron chi connectivity index (χ2n) is 6.16. The van der Waals surface area contributed by atoms with E-state index in [1.807, 2.05) is 18.2 Å². The van der Waals surface area contributed by atoms with Gasteiger partial charge >= 0.3 is 0 Å². The van der Waals surface area contributed by atoms with Crippen molar-refractivity contribution in [1.82, 2.24) is 9.80 Å². The molecule has 1 aliphatic carbocycles. The summed E-state index contributed by atoms with van der Waals surface area (Å²) in [6.45, 7) is 1.62. The number of nitrogens with two attached hydrogens (primary N) is 1. The number of nitrogens with zero attached hydrogens (tertiary/aromatic N) is 2. The number of hydrogen-bond acceptors (Lipinski definition) is 3. The predicted molar refractivity (Wildman–Crippen MR) is 86.1 cm³/mol. The average molecular weight is 296 g/mol. The molecule has 4 heteroatoms. The molecule has 3 nitrogen and oxygen atoms in total. The Bertz CT molecular complexity index is 443. The summed E-state index contributed by atoms with van der Waals surface area (Å²) in [5, 5.41) is 0.808. The minimum atomic E-state index is 0.182. The first-order valence-electron chi connectivity index (χ1n) is 7.32. The van der Waals surface area contributed by atoms with Gasteiger partial charge in [0.05, 0.1) is 0 Å². The molecule has 0 saturated heterocycles. The van der Waals surface area contributed by atoms with Crippen LogP contribution in [0.2, 0.25) is 5.02 Å². The molecule has 1 fully saturated rings. The smallest absolute Gasteiger partial charge is 0.0482 e. The molecule has 2 N–H and O–H groups in total. The van der Waals surface area contributed by atoms with Gasteiger partial charge in [-0.2, -0.15) is 0 Å². The molecule has 2 rings (SSSR count). The van der Waals surface area contributed by atoms with Crippen LogP contribution in [-0.2, 0) is 0 Å². The number of rotatable bonds is 6. The predicted octanol–water partition coefficient (Wildman–Crippen LogP) is 2.76. The largest absolute Gasteiger partial charge is 0.329 e. The average Bonchev–Trinajstić information content (AvgIpc) is 2.36. The van der Waals surface area contributed by atoms with E-state index in [4.69, 9.17) is 17.3 Å². The van der Waals surface area contributed by atoms with E-state index >= 15 is 0 Å². The van der Waals surface area contributed by atoms with Gasteiger partial charge in [0, 0.05) is 29.7 Å². The van der Waals surface area contributed by atoms with E-state index < -0.39 is 0 Å². The quantitative estimate of drug-likeness (QED) is 0.876. The number of hydrogen-bond donors (Lipinski definition) is 1. The van der Waals surface area contributed by atoms with E-state index in [1.165, 1.54) is 19.3 Å². The second kappa shape index (κ2) is 6.44. The highest BCUT2D eigenvalue weighted by Gasteiger charge is 2.40. The first-order chi connectivity index (χ1) is 9.50. The summed E-state index contributed by atoms with van der Waals surface area (Å²) >= 11 is 6.33. The van der Waals surface area contributed by atoms with E-state index in [0.717, 1.165) is 17.1 Å². The van der Waals surface area contributed by atoms with Crippen LogP contribution in [0.15, 0.2) is 24.3 Å². The summed E-state index contributed by atoms with van der Waals surface area (Å²) in [7, 11) is 6.52. The summed E-state index contributed by atoms with van der Waals surface area (Å²) < 4.78 is 0. The molecular weight excluding hydrogens is 270 g/mol. The summed E-state index contributed by atoms with van der Waals surface area (Å²) in [5.41, 5.74) is 7.46. The third-order valence-electron chi connectivity index (χ3n) is 4.80. The van der Waals surface area contributed by atoms with Crippen LogP contribution >= 0.6 is 11.6 Å². The van der Waals surface area contributed by atoms with Crippen molar-refractivity contribution in [1.29, 1.82) is 0 Å². The van der Waals surface area contributed by atoms with Crippen LogP contribution in [0.25, 0.3) is 0 Å². The highest BCUT2D eigenvalue weighted by atomic mass is 35.5. The number of benzene rings is 1. The first kappa shape index (κ1) is 15.8. The molecule has 0 aliphatic heterocycles. The Morgan fingerprint density at radius 2 is 1.90 bits per heavy atom. The molecule has 0 amide bonds.